The number of aliphatic hydroxyl groups is 7. The van der Waals surface area contributed by atoms with Gasteiger partial charge < -0.3 is 46.6 Å². The Morgan fingerprint density at radius 1 is 0.722 bits per heavy atom. The van der Waals surface area contributed by atoms with Crippen LogP contribution in [0.15, 0.2) is 0 Å². The van der Waals surface area contributed by atoms with Gasteiger partial charge in [-0.25, -0.2) is 4.79 Å². The van der Waals surface area contributed by atoms with Crippen molar-refractivity contribution in [1.29, 1.82) is 0 Å². The molecule has 0 aromatic rings. The van der Waals surface area contributed by atoms with Crippen molar-refractivity contribution in [2.45, 2.75) is 42.9 Å². The van der Waals surface area contributed by atoms with Crippen LogP contribution >= 0.6 is 0 Å². The van der Waals surface area contributed by atoms with Crippen LogP contribution in [0.25, 0.3) is 0 Å². The summed E-state index contributed by atoms with van der Waals surface area (Å²) in [7, 11) is 0. The molecule has 0 heterocycles. The van der Waals surface area contributed by atoms with Gasteiger partial charge in [0.05, 0.1) is 0 Å². The first-order valence-electron chi connectivity index (χ1n) is 4.86. The van der Waals surface area contributed by atoms with Crippen LogP contribution in [0.2, 0.25) is 0 Å². The number of aliphatic carboxylic acids is 1. The van der Waals surface area contributed by atoms with Crippen molar-refractivity contribution in [3.63, 3.8) is 0 Å². The third kappa shape index (κ3) is 4.12. The maximum Gasteiger partial charge on any atom is 0.335 e. The van der Waals surface area contributed by atoms with Crippen molar-refractivity contribution >= 4 is 5.97 Å². The lowest BCUT2D eigenvalue weighted by molar-refractivity contribution is -0.178. The van der Waals surface area contributed by atoms with Gasteiger partial charge in [0.15, 0.2) is 6.10 Å². The molecule has 0 aromatic carbocycles. The minimum absolute atomic E-state index is 1.86. The monoisotopic (exact) mass is 271 g/mol. The summed E-state index contributed by atoms with van der Waals surface area (Å²) >= 11 is 0. The SMILES string of the molecule is NC(O)C(O)C(O)C(O)C(O)C(O)C(O)C(=O)O. The smallest absolute Gasteiger partial charge is 0.335 e. The molecule has 10 N–H and O–H groups in total. The lowest BCUT2D eigenvalue weighted by Gasteiger charge is -2.30. The van der Waals surface area contributed by atoms with Crippen LogP contribution in [0.5, 0.6) is 0 Å². The van der Waals surface area contributed by atoms with E-state index in [1.807, 2.05) is 0 Å². The molecule has 0 radical (unpaired) electrons. The second-order valence-electron chi connectivity index (χ2n) is 3.73. The Morgan fingerprint density at radius 3 is 1.39 bits per heavy atom. The molecule has 0 bridgehead atoms. The lowest BCUT2D eigenvalue weighted by Crippen LogP contribution is -2.56. The predicted molar refractivity (Wildman–Crippen MR) is 53.9 cm³/mol. The average Bonchev–Trinajstić information content (AvgIpc) is 2.32. The molecule has 108 valence electrons. The van der Waals surface area contributed by atoms with Crippen molar-refractivity contribution in [3.05, 3.63) is 0 Å². The van der Waals surface area contributed by atoms with Crippen LogP contribution in [0.3, 0.4) is 0 Å². The van der Waals surface area contributed by atoms with Crippen LogP contribution < -0.4 is 5.73 Å². The van der Waals surface area contributed by atoms with Gasteiger partial charge in [0.25, 0.3) is 0 Å². The van der Waals surface area contributed by atoms with E-state index in [1.165, 1.54) is 0 Å². The Hall–Kier alpha value is -0.850. The van der Waals surface area contributed by atoms with Gasteiger partial charge in [-0.2, -0.15) is 0 Å². The Balaban J connectivity index is 4.67. The van der Waals surface area contributed by atoms with Crippen molar-refractivity contribution < 1.29 is 45.6 Å². The van der Waals surface area contributed by atoms with Gasteiger partial charge in [-0.15, -0.1) is 0 Å². The highest BCUT2D eigenvalue weighted by molar-refractivity contribution is 5.72. The summed E-state index contributed by atoms with van der Waals surface area (Å²) in [5.74, 6) is -1.86. The third-order valence-corrected chi connectivity index (χ3v) is 2.33. The second kappa shape index (κ2) is 6.92. The van der Waals surface area contributed by atoms with Crippen molar-refractivity contribution in [2.75, 3.05) is 0 Å². The summed E-state index contributed by atoms with van der Waals surface area (Å²) < 4.78 is 0. The predicted octanol–water partition coefficient (Wildman–Crippen LogP) is -5.49. The Kier molecular flexibility index (Phi) is 6.59. The Morgan fingerprint density at radius 2 is 1.06 bits per heavy atom. The fourth-order valence-electron chi connectivity index (χ4n) is 1.14. The van der Waals surface area contributed by atoms with E-state index in [9.17, 15) is 20.1 Å². The fraction of sp³-hybridized carbons (Fsp3) is 0.875. The number of carboxylic acid groups (broad SMARTS) is 1. The van der Waals surface area contributed by atoms with Gasteiger partial charge in [-0.05, 0) is 0 Å². The lowest BCUT2D eigenvalue weighted by atomic mass is 9.96. The van der Waals surface area contributed by atoms with Gasteiger partial charge in [0.1, 0.15) is 36.7 Å². The number of hydrogen-bond acceptors (Lipinski definition) is 9. The normalized spacial score (nSPS) is 23.6. The van der Waals surface area contributed by atoms with E-state index in [4.69, 9.17) is 31.3 Å². The molecule has 10 heteroatoms. The molecule has 0 aliphatic rings. The molecule has 0 fully saturated rings. The standard InChI is InChI=1S/C8H17NO9/c9-7(16)5(14)3(12)1(10)2(11)4(13)6(15)8(17)18/h1-7,10-16H,9H2,(H,17,18). The first-order chi connectivity index (χ1) is 8.11. The Bertz CT molecular complexity index is 273. The molecular weight excluding hydrogens is 254 g/mol. The van der Waals surface area contributed by atoms with Crippen molar-refractivity contribution in [1.82, 2.24) is 0 Å². The number of nitrogens with two attached hydrogens (primary N) is 1. The Labute approximate surface area is 101 Å². The zero-order valence-electron chi connectivity index (χ0n) is 9.10. The molecular formula is C8H17NO9. The summed E-state index contributed by atoms with van der Waals surface area (Å²) in [5, 5.41) is 72.1. The zero-order valence-corrected chi connectivity index (χ0v) is 9.10. The second-order valence-corrected chi connectivity index (χ2v) is 3.73. The summed E-state index contributed by atoms with van der Waals surface area (Å²) in [4.78, 5) is 10.3. The fourth-order valence-corrected chi connectivity index (χ4v) is 1.14. The molecule has 0 aliphatic heterocycles. The van der Waals surface area contributed by atoms with E-state index in [-0.39, 0.29) is 0 Å². The van der Waals surface area contributed by atoms with Gasteiger partial charge in [0.2, 0.25) is 0 Å². The summed E-state index contributed by atoms with van der Waals surface area (Å²) in [5.41, 5.74) is 4.81. The van der Waals surface area contributed by atoms with Crippen molar-refractivity contribution in [3.8, 4) is 0 Å². The van der Waals surface area contributed by atoms with E-state index < -0.39 is 48.8 Å². The maximum absolute atomic E-state index is 10.3. The molecule has 0 aliphatic carbocycles. The first kappa shape index (κ1) is 17.2. The highest BCUT2D eigenvalue weighted by Gasteiger charge is 2.40. The summed E-state index contributed by atoms with van der Waals surface area (Å²) in [6.07, 6.45) is -15.3. The minimum Gasteiger partial charge on any atom is -0.479 e. The zero-order chi connectivity index (χ0) is 14.6. The van der Waals surface area contributed by atoms with E-state index in [1.54, 1.807) is 0 Å². The van der Waals surface area contributed by atoms with E-state index in [0.29, 0.717) is 0 Å². The third-order valence-electron chi connectivity index (χ3n) is 2.33. The summed E-state index contributed by atoms with van der Waals surface area (Å²) in [6, 6.07) is 0. The number of carboxylic acids is 1. The number of rotatable bonds is 7. The van der Waals surface area contributed by atoms with Crippen LogP contribution in [-0.2, 0) is 4.79 Å². The molecule has 0 saturated heterocycles. The summed E-state index contributed by atoms with van der Waals surface area (Å²) in [6.45, 7) is 0. The number of aliphatic hydroxyl groups excluding tert-OH is 7. The number of hydrogen-bond donors (Lipinski definition) is 9. The molecule has 7 unspecified atom stereocenters. The molecule has 0 rings (SSSR count). The molecule has 10 nitrogen and oxygen atoms in total. The largest absolute Gasteiger partial charge is 0.479 e. The number of carbonyl (C=O) groups is 1. The molecule has 0 amide bonds. The van der Waals surface area contributed by atoms with Crippen LogP contribution in [0, 0.1) is 0 Å². The van der Waals surface area contributed by atoms with Crippen LogP contribution in [-0.4, -0.2) is 89.7 Å². The van der Waals surface area contributed by atoms with E-state index >= 15 is 0 Å². The quantitative estimate of drug-likeness (QED) is 0.201. The van der Waals surface area contributed by atoms with Gasteiger partial charge >= 0.3 is 5.97 Å². The molecule has 7 atom stereocenters. The van der Waals surface area contributed by atoms with Gasteiger partial charge in [-0.3, -0.25) is 0 Å². The van der Waals surface area contributed by atoms with Crippen molar-refractivity contribution in [2.24, 2.45) is 5.73 Å². The van der Waals surface area contributed by atoms with Gasteiger partial charge in [0, 0.05) is 0 Å². The molecule has 18 heavy (non-hydrogen) atoms. The van der Waals surface area contributed by atoms with E-state index in [0.717, 1.165) is 0 Å². The minimum atomic E-state index is -2.40. The topological polar surface area (TPSA) is 205 Å². The van der Waals surface area contributed by atoms with Crippen LogP contribution in [0.4, 0.5) is 0 Å². The van der Waals surface area contributed by atoms with E-state index in [2.05, 4.69) is 0 Å². The molecule has 0 saturated carbocycles. The highest BCUT2D eigenvalue weighted by Crippen LogP contribution is 2.12. The van der Waals surface area contributed by atoms with Gasteiger partial charge in [-0.1, -0.05) is 0 Å². The average molecular weight is 271 g/mol. The molecule has 0 aromatic heterocycles. The first-order valence-corrected chi connectivity index (χ1v) is 4.86. The highest BCUT2D eigenvalue weighted by atomic mass is 16.4. The van der Waals surface area contributed by atoms with Crippen LogP contribution in [0.1, 0.15) is 0 Å². The molecule has 0 spiro atoms. The maximum atomic E-state index is 10.3.